The van der Waals surface area contributed by atoms with Crippen molar-refractivity contribution in [1.82, 2.24) is 9.88 Å². The minimum absolute atomic E-state index is 0.890. The van der Waals surface area contributed by atoms with E-state index in [1.54, 1.807) is 11.3 Å². The van der Waals surface area contributed by atoms with Crippen molar-refractivity contribution in [3.05, 3.63) is 56.8 Å². The lowest BCUT2D eigenvalue weighted by Crippen LogP contribution is -2.11. The summed E-state index contributed by atoms with van der Waals surface area (Å²) in [6, 6.07) is 15.1. The molecule has 0 unspecified atom stereocenters. The van der Waals surface area contributed by atoms with Crippen LogP contribution < -0.4 is 5.32 Å². The maximum atomic E-state index is 3.53. The Hall–Kier alpha value is -1.10. The molecule has 1 aromatic carbocycles. The number of hydrogen-bond acceptors (Lipinski definition) is 2. The number of rotatable bonds is 4. The number of fused-ring (bicyclic) bond motifs is 1. The van der Waals surface area contributed by atoms with Crippen LogP contribution >= 0.6 is 27.3 Å². The largest absolute Gasteiger partial charge is 0.338 e. The normalized spacial score (nSPS) is 11.3. The van der Waals surface area contributed by atoms with E-state index in [1.165, 1.54) is 25.3 Å². The van der Waals surface area contributed by atoms with Crippen molar-refractivity contribution in [2.45, 2.75) is 13.1 Å². The van der Waals surface area contributed by atoms with E-state index in [-0.39, 0.29) is 0 Å². The first-order chi connectivity index (χ1) is 9.28. The molecule has 0 saturated carbocycles. The standard InChI is InChI=1S/C15H15BrN2S/c1-17-9-12-8-11-4-2-3-5-14(11)18(12)10-13-6-7-15(16)19-13/h2-8,17H,9-10H2,1H3. The summed E-state index contributed by atoms with van der Waals surface area (Å²) < 4.78 is 3.58. The molecule has 0 atom stereocenters. The van der Waals surface area contributed by atoms with Gasteiger partial charge in [0, 0.05) is 22.6 Å². The third kappa shape index (κ3) is 2.61. The van der Waals surface area contributed by atoms with Crippen molar-refractivity contribution in [2.24, 2.45) is 0 Å². The highest BCUT2D eigenvalue weighted by atomic mass is 79.9. The van der Waals surface area contributed by atoms with Crippen LogP contribution in [0.1, 0.15) is 10.6 Å². The Morgan fingerprint density at radius 2 is 2.05 bits per heavy atom. The molecule has 2 heterocycles. The number of nitrogens with one attached hydrogen (secondary N) is 1. The lowest BCUT2D eigenvalue weighted by molar-refractivity contribution is 0.713. The molecule has 0 saturated heterocycles. The van der Waals surface area contributed by atoms with Crippen molar-refractivity contribution in [3.8, 4) is 0 Å². The van der Waals surface area contributed by atoms with Crippen LogP contribution in [0.15, 0.2) is 46.3 Å². The minimum atomic E-state index is 0.890. The van der Waals surface area contributed by atoms with Gasteiger partial charge < -0.3 is 9.88 Å². The van der Waals surface area contributed by atoms with E-state index in [4.69, 9.17) is 0 Å². The molecule has 0 aliphatic heterocycles. The second-order valence-electron chi connectivity index (χ2n) is 4.52. The summed E-state index contributed by atoms with van der Waals surface area (Å²) in [6.07, 6.45) is 0. The third-order valence-electron chi connectivity index (χ3n) is 3.20. The summed E-state index contributed by atoms with van der Waals surface area (Å²) in [5, 5.41) is 4.56. The van der Waals surface area contributed by atoms with Gasteiger partial charge in [0.25, 0.3) is 0 Å². The van der Waals surface area contributed by atoms with Gasteiger partial charge in [0.15, 0.2) is 0 Å². The summed E-state index contributed by atoms with van der Waals surface area (Å²) in [6.45, 7) is 1.82. The van der Waals surface area contributed by atoms with Crippen molar-refractivity contribution in [1.29, 1.82) is 0 Å². The molecule has 4 heteroatoms. The van der Waals surface area contributed by atoms with Gasteiger partial charge in [0.1, 0.15) is 0 Å². The van der Waals surface area contributed by atoms with Crippen LogP contribution in [0.2, 0.25) is 0 Å². The molecule has 0 spiro atoms. The van der Waals surface area contributed by atoms with E-state index >= 15 is 0 Å². The molecular formula is C15H15BrN2S. The summed E-state index contributed by atoms with van der Waals surface area (Å²) in [5.41, 5.74) is 2.63. The number of aromatic nitrogens is 1. The average Bonchev–Trinajstić information content (AvgIpc) is 2.96. The molecule has 2 aromatic heterocycles. The van der Waals surface area contributed by atoms with Crippen LogP contribution in [-0.4, -0.2) is 11.6 Å². The molecular weight excluding hydrogens is 320 g/mol. The van der Waals surface area contributed by atoms with E-state index in [9.17, 15) is 0 Å². The van der Waals surface area contributed by atoms with Crippen LogP contribution in [0.5, 0.6) is 0 Å². The smallest absolute Gasteiger partial charge is 0.0702 e. The van der Waals surface area contributed by atoms with Crippen molar-refractivity contribution >= 4 is 38.2 Å². The zero-order valence-corrected chi connectivity index (χ0v) is 13.1. The van der Waals surface area contributed by atoms with E-state index in [0.717, 1.165) is 13.1 Å². The number of para-hydroxylation sites is 1. The van der Waals surface area contributed by atoms with Gasteiger partial charge >= 0.3 is 0 Å². The summed E-state index contributed by atoms with van der Waals surface area (Å²) in [7, 11) is 1.99. The van der Waals surface area contributed by atoms with Crippen molar-refractivity contribution in [3.63, 3.8) is 0 Å². The molecule has 0 amide bonds. The Bertz CT molecular complexity index is 699. The number of nitrogens with zero attached hydrogens (tertiary/aromatic N) is 1. The van der Waals surface area contributed by atoms with Crippen LogP contribution in [-0.2, 0) is 13.1 Å². The predicted molar refractivity (Wildman–Crippen MR) is 85.8 cm³/mol. The summed E-state index contributed by atoms with van der Waals surface area (Å²) in [4.78, 5) is 1.37. The maximum Gasteiger partial charge on any atom is 0.0702 e. The lowest BCUT2D eigenvalue weighted by atomic mass is 10.2. The fourth-order valence-corrected chi connectivity index (χ4v) is 3.85. The first-order valence-electron chi connectivity index (χ1n) is 6.24. The SMILES string of the molecule is CNCc1cc2ccccc2n1Cc1ccc(Br)s1. The maximum absolute atomic E-state index is 3.53. The van der Waals surface area contributed by atoms with Crippen LogP contribution in [0.3, 0.4) is 0 Å². The molecule has 0 radical (unpaired) electrons. The molecule has 0 aliphatic carbocycles. The predicted octanol–water partition coefficient (Wildman–Crippen LogP) is 4.23. The van der Waals surface area contributed by atoms with Crippen LogP contribution in [0.4, 0.5) is 0 Å². The van der Waals surface area contributed by atoms with Crippen LogP contribution in [0.25, 0.3) is 10.9 Å². The van der Waals surface area contributed by atoms with Gasteiger partial charge in [-0.25, -0.2) is 0 Å². The fourth-order valence-electron chi connectivity index (χ4n) is 2.37. The van der Waals surface area contributed by atoms with E-state index < -0.39 is 0 Å². The molecule has 2 nitrogen and oxygen atoms in total. The van der Waals surface area contributed by atoms with Crippen molar-refractivity contribution in [2.75, 3.05) is 7.05 Å². The highest BCUT2D eigenvalue weighted by Crippen LogP contribution is 2.26. The Kier molecular flexibility index (Phi) is 3.73. The quantitative estimate of drug-likeness (QED) is 0.755. The van der Waals surface area contributed by atoms with Gasteiger partial charge in [-0.2, -0.15) is 0 Å². The fraction of sp³-hybridized carbons (Fsp3) is 0.200. The molecule has 3 aromatic rings. The second-order valence-corrected chi connectivity index (χ2v) is 7.06. The highest BCUT2D eigenvalue weighted by molar-refractivity contribution is 9.11. The number of halogens is 1. The minimum Gasteiger partial charge on any atom is -0.338 e. The van der Waals surface area contributed by atoms with E-state index in [2.05, 4.69) is 68.3 Å². The molecule has 19 heavy (non-hydrogen) atoms. The zero-order valence-electron chi connectivity index (χ0n) is 10.7. The van der Waals surface area contributed by atoms with Crippen LogP contribution in [0, 0.1) is 0 Å². The molecule has 1 N–H and O–H groups in total. The molecule has 98 valence electrons. The highest BCUT2D eigenvalue weighted by Gasteiger charge is 2.09. The van der Waals surface area contributed by atoms with Gasteiger partial charge in [0.2, 0.25) is 0 Å². The second kappa shape index (κ2) is 5.49. The van der Waals surface area contributed by atoms with Gasteiger partial charge in [0.05, 0.1) is 10.3 Å². The van der Waals surface area contributed by atoms with Gasteiger partial charge in [-0.3, -0.25) is 0 Å². The number of hydrogen-bond donors (Lipinski definition) is 1. The zero-order chi connectivity index (χ0) is 13.2. The number of benzene rings is 1. The van der Waals surface area contributed by atoms with Gasteiger partial charge in [-0.05, 0) is 52.6 Å². The Morgan fingerprint density at radius 1 is 1.21 bits per heavy atom. The van der Waals surface area contributed by atoms with E-state index in [1.807, 2.05) is 7.05 Å². The summed E-state index contributed by atoms with van der Waals surface area (Å²) >= 11 is 5.33. The first-order valence-corrected chi connectivity index (χ1v) is 7.85. The Balaban J connectivity index is 2.06. The lowest BCUT2D eigenvalue weighted by Gasteiger charge is -2.09. The molecule has 0 fully saturated rings. The Labute approximate surface area is 125 Å². The van der Waals surface area contributed by atoms with Gasteiger partial charge in [-0.15, -0.1) is 11.3 Å². The van der Waals surface area contributed by atoms with Gasteiger partial charge in [-0.1, -0.05) is 18.2 Å². The first kappa shape index (κ1) is 12.9. The average molecular weight is 335 g/mol. The van der Waals surface area contributed by atoms with Crippen molar-refractivity contribution < 1.29 is 0 Å². The monoisotopic (exact) mass is 334 g/mol. The summed E-state index contributed by atoms with van der Waals surface area (Å²) in [5.74, 6) is 0. The molecule has 0 aliphatic rings. The molecule has 0 bridgehead atoms. The molecule has 3 rings (SSSR count). The topological polar surface area (TPSA) is 17.0 Å². The van der Waals surface area contributed by atoms with E-state index in [0.29, 0.717) is 0 Å². The number of thiophene rings is 1. The third-order valence-corrected chi connectivity index (χ3v) is 4.81. The Morgan fingerprint density at radius 3 is 2.79 bits per heavy atom.